The fraction of sp³-hybridized carbons (Fsp3) is 0.519. The van der Waals surface area contributed by atoms with Gasteiger partial charge in [-0.1, -0.05) is 35.3 Å². The lowest BCUT2D eigenvalue weighted by Crippen LogP contribution is -2.41. The number of halogens is 6. The summed E-state index contributed by atoms with van der Waals surface area (Å²) in [6.07, 6.45) is -3.81. The number of alkyl halides is 3. The summed E-state index contributed by atoms with van der Waals surface area (Å²) in [5.74, 6) is -1.42. The Kier molecular flexibility index (Phi) is 10.4. The van der Waals surface area contributed by atoms with Crippen LogP contribution < -0.4 is 0 Å². The third kappa shape index (κ3) is 8.05. The molecular formula is C27H34Cl2F4N4O. The summed E-state index contributed by atoms with van der Waals surface area (Å²) in [6.45, 7) is 3.09. The molecule has 1 aliphatic heterocycles. The topological polar surface area (TPSA) is 30.0 Å². The average molecular weight is 577 g/mol. The molecule has 2 aromatic rings. The van der Waals surface area contributed by atoms with Gasteiger partial charge in [0.15, 0.2) is 0 Å². The molecule has 0 saturated carbocycles. The molecule has 2 aromatic carbocycles. The fourth-order valence-electron chi connectivity index (χ4n) is 4.87. The van der Waals surface area contributed by atoms with E-state index in [1.165, 1.54) is 6.07 Å². The van der Waals surface area contributed by atoms with Crippen LogP contribution in [0.15, 0.2) is 36.4 Å². The molecule has 5 nitrogen and oxygen atoms in total. The van der Waals surface area contributed by atoms with E-state index >= 15 is 0 Å². The van der Waals surface area contributed by atoms with Crippen LogP contribution in [0.4, 0.5) is 17.6 Å². The van der Waals surface area contributed by atoms with Crippen LogP contribution in [-0.4, -0.2) is 92.5 Å². The number of hydrogen-bond donors (Lipinski definition) is 0. The first-order valence-electron chi connectivity index (χ1n) is 12.4. The first-order valence-corrected chi connectivity index (χ1v) is 13.1. The van der Waals surface area contributed by atoms with Crippen molar-refractivity contribution in [3.8, 4) is 0 Å². The van der Waals surface area contributed by atoms with Gasteiger partial charge in [-0.15, -0.1) is 0 Å². The minimum Gasteiger partial charge on any atom is -0.339 e. The van der Waals surface area contributed by atoms with Gasteiger partial charge in [0.25, 0.3) is 0 Å². The van der Waals surface area contributed by atoms with Gasteiger partial charge in [-0.05, 0) is 83.1 Å². The highest BCUT2D eigenvalue weighted by Gasteiger charge is 2.39. The maximum atomic E-state index is 14.2. The largest absolute Gasteiger partial charge is 0.419 e. The van der Waals surface area contributed by atoms with Gasteiger partial charge >= 0.3 is 6.18 Å². The minimum absolute atomic E-state index is 0.00103. The minimum atomic E-state index is -4.75. The van der Waals surface area contributed by atoms with Gasteiger partial charge in [-0.25, -0.2) is 4.39 Å². The number of benzene rings is 2. The smallest absolute Gasteiger partial charge is 0.339 e. The van der Waals surface area contributed by atoms with Gasteiger partial charge in [-0.2, -0.15) is 13.2 Å². The molecule has 1 aliphatic rings. The standard InChI is InChI=1S/C27H34Cl2F4N4O/c1-34(2)10-5-11-35(3)17-26(38)37-15-20(19-7-9-22(28)23(29)13-19)25(16-37)36(4)14-18-6-8-21(24(30)12-18)27(31,32)33/h6-9,12-13,20,25H,5,10-11,14-17H2,1-4H3/t20-,25-/m1/s1. The third-order valence-corrected chi connectivity index (χ3v) is 7.64. The van der Waals surface area contributed by atoms with Crippen molar-refractivity contribution in [2.75, 3.05) is 60.9 Å². The molecule has 0 spiro atoms. The van der Waals surface area contributed by atoms with Gasteiger partial charge in [0.05, 0.1) is 22.2 Å². The Morgan fingerprint density at radius 1 is 1.00 bits per heavy atom. The summed E-state index contributed by atoms with van der Waals surface area (Å²) in [7, 11) is 7.76. The highest BCUT2D eigenvalue weighted by atomic mass is 35.5. The van der Waals surface area contributed by atoms with Gasteiger partial charge in [0.2, 0.25) is 5.91 Å². The number of likely N-dealkylation sites (N-methyl/N-ethyl adjacent to an activating group) is 2. The SMILES string of the molecule is CN(C)CCCN(C)CC(=O)N1C[C@H](c2ccc(Cl)c(Cl)c2)[C@H](N(C)Cc2ccc(C(F)(F)F)c(F)c2)C1. The second-order valence-corrected chi connectivity index (χ2v) is 11.1. The van der Waals surface area contributed by atoms with Crippen molar-refractivity contribution in [1.29, 1.82) is 0 Å². The van der Waals surface area contributed by atoms with Crippen LogP contribution in [0.2, 0.25) is 10.0 Å². The Balaban J connectivity index is 1.77. The van der Waals surface area contributed by atoms with Crippen molar-refractivity contribution in [2.45, 2.75) is 31.1 Å². The molecule has 1 fully saturated rings. The lowest BCUT2D eigenvalue weighted by molar-refractivity contribution is -0.140. The summed E-state index contributed by atoms with van der Waals surface area (Å²) in [5.41, 5.74) is 0.0331. The zero-order valence-electron chi connectivity index (χ0n) is 22.0. The van der Waals surface area contributed by atoms with E-state index in [0.29, 0.717) is 28.7 Å². The molecule has 11 heteroatoms. The molecule has 38 heavy (non-hydrogen) atoms. The number of rotatable bonds is 10. The van der Waals surface area contributed by atoms with Crippen LogP contribution in [0, 0.1) is 5.82 Å². The summed E-state index contributed by atoms with van der Waals surface area (Å²) in [5, 5.41) is 0.826. The number of carbonyl (C=O) groups is 1. The van der Waals surface area contributed by atoms with Crippen LogP contribution in [-0.2, 0) is 17.5 Å². The zero-order valence-corrected chi connectivity index (χ0v) is 23.5. The molecular weight excluding hydrogens is 543 g/mol. The maximum Gasteiger partial charge on any atom is 0.419 e. The van der Waals surface area contributed by atoms with Crippen LogP contribution in [0.5, 0.6) is 0 Å². The lowest BCUT2D eigenvalue weighted by Gasteiger charge is -2.29. The monoisotopic (exact) mass is 576 g/mol. The molecule has 0 unspecified atom stereocenters. The maximum absolute atomic E-state index is 14.2. The molecule has 0 radical (unpaired) electrons. The van der Waals surface area contributed by atoms with E-state index in [1.54, 1.807) is 12.1 Å². The highest BCUT2D eigenvalue weighted by Crippen LogP contribution is 2.36. The van der Waals surface area contributed by atoms with Crippen LogP contribution in [0.25, 0.3) is 0 Å². The first kappa shape index (κ1) is 30.6. The summed E-state index contributed by atoms with van der Waals surface area (Å²) < 4.78 is 53.2. The van der Waals surface area contributed by atoms with E-state index in [0.717, 1.165) is 37.2 Å². The molecule has 0 N–H and O–H groups in total. The highest BCUT2D eigenvalue weighted by molar-refractivity contribution is 6.42. The van der Waals surface area contributed by atoms with E-state index in [9.17, 15) is 22.4 Å². The van der Waals surface area contributed by atoms with Crippen LogP contribution in [0.3, 0.4) is 0 Å². The van der Waals surface area contributed by atoms with Crippen molar-refractivity contribution in [2.24, 2.45) is 0 Å². The second kappa shape index (κ2) is 13.0. The van der Waals surface area contributed by atoms with Crippen molar-refractivity contribution in [3.05, 3.63) is 69.0 Å². The number of amides is 1. The molecule has 1 amide bonds. The number of likely N-dealkylation sites (tertiary alicyclic amines) is 1. The number of carbonyl (C=O) groups excluding carboxylic acids is 1. The average Bonchev–Trinajstić information content (AvgIpc) is 3.26. The van der Waals surface area contributed by atoms with Crippen LogP contribution in [0.1, 0.15) is 29.0 Å². The molecule has 2 atom stereocenters. The molecule has 1 heterocycles. The predicted molar refractivity (Wildman–Crippen MR) is 143 cm³/mol. The van der Waals surface area contributed by atoms with Crippen molar-refractivity contribution < 1.29 is 22.4 Å². The Morgan fingerprint density at radius 3 is 2.32 bits per heavy atom. The predicted octanol–water partition coefficient (Wildman–Crippen LogP) is 5.46. The third-order valence-electron chi connectivity index (χ3n) is 6.90. The van der Waals surface area contributed by atoms with Gasteiger partial charge < -0.3 is 9.80 Å². The van der Waals surface area contributed by atoms with E-state index in [1.807, 2.05) is 49.0 Å². The van der Waals surface area contributed by atoms with E-state index in [-0.39, 0.29) is 31.0 Å². The van der Waals surface area contributed by atoms with Gasteiger partial charge in [-0.3, -0.25) is 14.6 Å². The first-order chi connectivity index (χ1) is 17.8. The molecule has 0 bridgehead atoms. The Bertz CT molecular complexity index is 1110. The zero-order chi connectivity index (χ0) is 28.2. The molecule has 1 saturated heterocycles. The summed E-state index contributed by atoms with van der Waals surface area (Å²) in [4.78, 5) is 21.1. The quantitative estimate of drug-likeness (QED) is 0.351. The number of hydrogen-bond acceptors (Lipinski definition) is 4. The molecule has 0 aromatic heterocycles. The van der Waals surface area contributed by atoms with E-state index < -0.39 is 17.6 Å². The van der Waals surface area contributed by atoms with Gasteiger partial charge in [0, 0.05) is 31.6 Å². The lowest BCUT2D eigenvalue weighted by atomic mass is 9.93. The van der Waals surface area contributed by atoms with Crippen molar-refractivity contribution in [3.63, 3.8) is 0 Å². The molecule has 0 aliphatic carbocycles. The van der Waals surface area contributed by atoms with Crippen LogP contribution >= 0.6 is 23.2 Å². The van der Waals surface area contributed by atoms with Crippen molar-refractivity contribution in [1.82, 2.24) is 19.6 Å². The fourth-order valence-corrected chi connectivity index (χ4v) is 5.17. The number of nitrogens with zero attached hydrogens (tertiary/aromatic N) is 4. The normalized spacial score (nSPS) is 18.3. The molecule has 3 rings (SSSR count). The van der Waals surface area contributed by atoms with E-state index in [4.69, 9.17) is 23.2 Å². The Hall–Kier alpha value is -1.91. The van der Waals surface area contributed by atoms with Gasteiger partial charge in [0.1, 0.15) is 5.82 Å². The second-order valence-electron chi connectivity index (χ2n) is 10.3. The summed E-state index contributed by atoms with van der Waals surface area (Å²) >= 11 is 12.4. The van der Waals surface area contributed by atoms with Crippen molar-refractivity contribution >= 4 is 29.1 Å². The van der Waals surface area contributed by atoms with E-state index in [2.05, 4.69) is 4.90 Å². The Labute approximate surface area is 231 Å². The summed E-state index contributed by atoms with van der Waals surface area (Å²) in [6, 6.07) is 8.19. The molecule has 210 valence electrons. The Morgan fingerprint density at radius 2 is 1.71 bits per heavy atom.